The van der Waals surface area contributed by atoms with Gasteiger partial charge in [0.25, 0.3) is 0 Å². The first-order valence-electron chi connectivity index (χ1n) is 3.84. The van der Waals surface area contributed by atoms with Gasteiger partial charge in [0.2, 0.25) is 0 Å². The lowest BCUT2D eigenvalue weighted by Crippen LogP contribution is -2.14. The third-order valence-corrected chi connectivity index (χ3v) is 2.28. The van der Waals surface area contributed by atoms with E-state index in [-0.39, 0.29) is 11.6 Å². The Morgan fingerprint density at radius 2 is 2.14 bits per heavy atom. The van der Waals surface area contributed by atoms with Crippen LogP contribution in [0.5, 0.6) is 5.75 Å². The molecule has 1 aromatic rings. The molecular weight excluding hydrogens is 227 g/mol. The van der Waals surface area contributed by atoms with E-state index in [2.05, 4.69) is 0 Å². The Balaban J connectivity index is 2.68. The smallest absolute Gasteiger partial charge is 0.195 e. The molecule has 3 nitrogen and oxygen atoms in total. The van der Waals surface area contributed by atoms with E-state index in [9.17, 15) is 4.79 Å². The van der Waals surface area contributed by atoms with Crippen molar-refractivity contribution in [2.75, 3.05) is 13.2 Å². The molecule has 5 heteroatoms. The lowest BCUT2D eigenvalue weighted by molar-refractivity contribution is -0.123. The first-order valence-corrected chi connectivity index (χ1v) is 4.60. The molecule has 0 aliphatic heterocycles. The van der Waals surface area contributed by atoms with E-state index in [1.165, 1.54) is 0 Å². The molecule has 76 valence electrons. The average molecular weight is 235 g/mol. The number of rotatable bonds is 4. The van der Waals surface area contributed by atoms with Crippen molar-refractivity contribution in [1.29, 1.82) is 0 Å². The monoisotopic (exact) mass is 234 g/mol. The Hall–Kier alpha value is -0.770. The van der Waals surface area contributed by atoms with Crippen LogP contribution in [0.25, 0.3) is 0 Å². The first-order chi connectivity index (χ1) is 6.65. The van der Waals surface area contributed by atoms with Crippen molar-refractivity contribution >= 4 is 29.0 Å². The summed E-state index contributed by atoms with van der Waals surface area (Å²) in [5.41, 5.74) is 0. The number of benzene rings is 1. The number of ketones is 1. The van der Waals surface area contributed by atoms with Gasteiger partial charge in [0.05, 0.1) is 5.02 Å². The Morgan fingerprint density at radius 3 is 2.79 bits per heavy atom. The first kappa shape index (κ1) is 11.3. The molecule has 0 amide bonds. The molecule has 0 spiro atoms. The topological polar surface area (TPSA) is 46.5 Å². The molecule has 1 N–H and O–H groups in total. The summed E-state index contributed by atoms with van der Waals surface area (Å²) in [7, 11) is 0. The van der Waals surface area contributed by atoms with E-state index in [1.54, 1.807) is 18.2 Å². The minimum absolute atomic E-state index is 0.212. The summed E-state index contributed by atoms with van der Waals surface area (Å²) in [6.45, 7) is -0.755. The fraction of sp³-hybridized carbons (Fsp3) is 0.222. The molecule has 0 radical (unpaired) electrons. The summed E-state index contributed by atoms with van der Waals surface area (Å²) < 4.78 is 5.04. The van der Waals surface area contributed by atoms with Crippen LogP contribution in [0.3, 0.4) is 0 Å². The maximum absolute atomic E-state index is 10.7. The van der Waals surface area contributed by atoms with Crippen LogP contribution in [-0.4, -0.2) is 24.1 Å². The number of carbonyl (C=O) groups is 1. The lowest BCUT2D eigenvalue weighted by Gasteiger charge is -2.06. The van der Waals surface area contributed by atoms with Gasteiger partial charge in [-0.2, -0.15) is 0 Å². The quantitative estimate of drug-likeness (QED) is 0.867. The summed E-state index contributed by atoms with van der Waals surface area (Å²) >= 11 is 11.5. The summed E-state index contributed by atoms with van der Waals surface area (Å²) in [6.07, 6.45) is 0. The van der Waals surface area contributed by atoms with Crippen molar-refractivity contribution in [3.8, 4) is 5.75 Å². The molecule has 0 aliphatic rings. The number of aliphatic hydroxyl groups is 1. The fourth-order valence-electron chi connectivity index (χ4n) is 0.799. The zero-order valence-electron chi connectivity index (χ0n) is 7.17. The molecule has 0 saturated carbocycles. The highest BCUT2D eigenvalue weighted by Crippen LogP contribution is 2.31. The second-order valence-electron chi connectivity index (χ2n) is 2.54. The van der Waals surface area contributed by atoms with Crippen LogP contribution in [0.1, 0.15) is 0 Å². The van der Waals surface area contributed by atoms with Crippen LogP contribution in [0.4, 0.5) is 0 Å². The zero-order valence-corrected chi connectivity index (χ0v) is 8.68. The number of hydrogen-bond acceptors (Lipinski definition) is 3. The van der Waals surface area contributed by atoms with Crippen molar-refractivity contribution in [2.45, 2.75) is 0 Å². The predicted molar refractivity (Wildman–Crippen MR) is 54.0 cm³/mol. The van der Waals surface area contributed by atoms with Gasteiger partial charge in [-0.25, -0.2) is 0 Å². The molecule has 0 heterocycles. The summed E-state index contributed by atoms with van der Waals surface area (Å²) in [5, 5.41) is 9.07. The highest BCUT2D eigenvalue weighted by atomic mass is 35.5. The van der Waals surface area contributed by atoms with Gasteiger partial charge in [-0.3, -0.25) is 4.79 Å². The summed E-state index contributed by atoms with van der Waals surface area (Å²) in [5.74, 6) is -0.0815. The van der Waals surface area contributed by atoms with E-state index in [1.807, 2.05) is 0 Å². The standard InChI is InChI=1S/C9H8Cl2O3/c10-7-2-1-3-8(9(7)11)14-5-6(13)4-12/h1-3,12H,4-5H2. The SMILES string of the molecule is O=C(CO)COc1cccc(Cl)c1Cl. The van der Waals surface area contributed by atoms with Crippen LogP contribution in [0.2, 0.25) is 10.0 Å². The van der Waals surface area contributed by atoms with Crippen LogP contribution in [-0.2, 0) is 4.79 Å². The van der Waals surface area contributed by atoms with E-state index in [4.69, 9.17) is 33.0 Å². The van der Waals surface area contributed by atoms with Gasteiger partial charge in [-0.05, 0) is 12.1 Å². The number of aliphatic hydroxyl groups excluding tert-OH is 1. The Kier molecular flexibility index (Phi) is 4.20. The zero-order chi connectivity index (χ0) is 10.6. The molecule has 14 heavy (non-hydrogen) atoms. The number of hydrogen-bond donors (Lipinski definition) is 1. The summed E-state index contributed by atoms with van der Waals surface area (Å²) in [6, 6.07) is 4.87. The highest BCUT2D eigenvalue weighted by Gasteiger charge is 2.07. The van der Waals surface area contributed by atoms with Gasteiger partial charge in [0.15, 0.2) is 5.78 Å². The minimum Gasteiger partial charge on any atom is -0.484 e. The molecular formula is C9H8Cl2O3. The van der Waals surface area contributed by atoms with E-state index < -0.39 is 12.4 Å². The largest absolute Gasteiger partial charge is 0.484 e. The number of Topliss-reactive ketones (excluding diaryl/α,β-unsaturated/α-hetero) is 1. The number of ether oxygens (including phenoxy) is 1. The van der Waals surface area contributed by atoms with E-state index in [0.29, 0.717) is 10.8 Å². The Labute approximate surface area is 91.2 Å². The van der Waals surface area contributed by atoms with Crippen LogP contribution < -0.4 is 4.74 Å². The molecule has 0 bridgehead atoms. The fourth-order valence-corrected chi connectivity index (χ4v) is 1.15. The van der Waals surface area contributed by atoms with Crippen molar-refractivity contribution in [1.82, 2.24) is 0 Å². The molecule has 0 fully saturated rings. The van der Waals surface area contributed by atoms with Crippen LogP contribution >= 0.6 is 23.2 Å². The van der Waals surface area contributed by atoms with Crippen LogP contribution in [0, 0.1) is 0 Å². The third-order valence-electron chi connectivity index (χ3n) is 1.48. The van der Waals surface area contributed by atoms with E-state index in [0.717, 1.165) is 0 Å². The third kappa shape index (κ3) is 2.87. The molecule has 1 rings (SSSR count). The normalized spacial score (nSPS) is 9.93. The van der Waals surface area contributed by atoms with Crippen molar-refractivity contribution in [3.63, 3.8) is 0 Å². The second kappa shape index (κ2) is 5.20. The molecule has 0 aromatic heterocycles. The van der Waals surface area contributed by atoms with Crippen LogP contribution in [0.15, 0.2) is 18.2 Å². The predicted octanol–water partition coefficient (Wildman–Crippen LogP) is 1.93. The summed E-state index contributed by atoms with van der Waals surface area (Å²) in [4.78, 5) is 10.7. The highest BCUT2D eigenvalue weighted by molar-refractivity contribution is 6.42. The molecule has 0 atom stereocenters. The van der Waals surface area contributed by atoms with Gasteiger partial charge in [0, 0.05) is 0 Å². The van der Waals surface area contributed by atoms with Gasteiger partial charge in [-0.15, -0.1) is 0 Å². The van der Waals surface area contributed by atoms with Crippen molar-refractivity contribution in [2.24, 2.45) is 0 Å². The average Bonchev–Trinajstić information content (AvgIpc) is 2.20. The minimum atomic E-state index is -0.543. The number of halogens is 2. The molecule has 0 unspecified atom stereocenters. The van der Waals surface area contributed by atoms with Crippen molar-refractivity contribution in [3.05, 3.63) is 28.2 Å². The van der Waals surface area contributed by atoms with Gasteiger partial charge in [-0.1, -0.05) is 29.3 Å². The van der Waals surface area contributed by atoms with Gasteiger partial charge in [0.1, 0.15) is 24.0 Å². The number of carbonyl (C=O) groups excluding carboxylic acids is 1. The molecule has 0 saturated heterocycles. The van der Waals surface area contributed by atoms with Crippen molar-refractivity contribution < 1.29 is 14.6 Å². The molecule has 0 aliphatic carbocycles. The second-order valence-corrected chi connectivity index (χ2v) is 3.32. The maximum atomic E-state index is 10.7. The Bertz CT molecular complexity index is 339. The van der Waals surface area contributed by atoms with Gasteiger partial charge < -0.3 is 9.84 Å². The maximum Gasteiger partial charge on any atom is 0.195 e. The van der Waals surface area contributed by atoms with E-state index >= 15 is 0 Å². The van der Waals surface area contributed by atoms with Gasteiger partial charge >= 0.3 is 0 Å². The molecule has 1 aromatic carbocycles. The lowest BCUT2D eigenvalue weighted by atomic mass is 10.3. The Morgan fingerprint density at radius 1 is 1.43 bits per heavy atom.